The number of hydrogen-bond acceptors (Lipinski definition) is 3. The minimum atomic E-state index is -0.0752. The van der Waals surface area contributed by atoms with Gasteiger partial charge in [-0.25, -0.2) is 9.67 Å². The summed E-state index contributed by atoms with van der Waals surface area (Å²) in [7, 11) is 0. The molecule has 1 amide bonds. The fourth-order valence-corrected chi connectivity index (χ4v) is 4.21. The molecule has 0 N–H and O–H groups in total. The highest BCUT2D eigenvalue weighted by Crippen LogP contribution is 2.38. The van der Waals surface area contributed by atoms with E-state index in [-0.39, 0.29) is 17.9 Å². The smallest absolute Gasteiger partial charge is 0.271 e. The molecule has 6 heteroatoms. The predicted molar refractivity (Wildman–Crippen MR) is 107 cm³/mol. The Balaban J connectivity index is 1.51. The van der Waals surface area contributed by atoms with Gasteiger partial charge in [-0.2, -0.15) is 5.10 Å². The molecule has 1 aliphatic heterocycles. The third-order valence-electron chi connectivity index (χ3n) is 5.72. The highest BCUT2D eigenvalue weighted by molar-refractivity contribution is 5.93. The first-order valence-electron chi connectivity index (χ1n) is 10.1. The second-order valence-electron chi connectivity index (χ2n) is 8.10. The second-order valence-corrected chi connectivity index (χ2v) is 8.10. The van der Waals surface area contributed by atoms with Crippen molar-refractivity contribution in [1.29, 1.82) is 0 Å². The largest absolute Gasteiger partial charge is 0.340 e. The SMILES string of the molecule is CC(C)[C@H]1c2nc(-c3ccccc3)nn2CCN1C(=O)c1cccn1C1CC1. The molecule has 1 fully saturated rings. The average Bonchev–Trinajstić information content (AvgIpc) is 3.27. The molecule has 3 aromatic rings. The molecule has 6 nitrogen and oxygen atoms in total. The third kappa shape index (κ3) is 2.84. The fourth-order valence-electron chi connectivity index (χ4n) is 4.21. The van der Waals surface area contributed by atoms with Crippen LogP contribution >= 0.6 is 0 Å². The van der Waals surface area contributed by atoms with Crippen LogP contribution in [0.4, 0.5) is 0 Å². The van der Waals surface area contributed by atoms with E-state index in [4.69, 9.17) is 10.1 Å². The van der Waals surface area contributed by atoms with Gasteiger partial charge in [-0.15, -0.1) is 0 Å². The van der Waals surface area contributed by atoms with Crippen LogP contribution in [-0.2, 0) is 6.54 Å². The van der Waals surface area contributed by atoms with Crippen LogP contribution in [0.1, 0.15) is 55.1 Å². The first kappa shape index (κ1) is 17.2. The first-order chi connectivity index (χ1) is 13.6. The molecule has 144 valence electrons. The predicted octanol–water partition coefficient (Wildman–Crippen LogP) is 3.93. The monoisotopic (exact) mass is 375 g/mol. The number of aromatic nitrogens is 4. The topological polar surface area (TPSA) is 56.0 Å². The lowest BCUT2D eigenvalue weighted by atomic mass is 9.99. The summed E-state index contributed by atoms with van der Waals surface area (Å²) in [6.07, 6.45) is 4.36. The molecule has 2 aliphatic rings. The number of hydrogen-bond donors (Lipinski definition) is 0. The van der Waals surface area contributed by atoms with Crippen LogP contribution in [0.5, 0.6) is 0 Å². The highest BCUT2D eigenvalue weighted by Gasteiger charge is 2.38. The number of carbonyl (C=O) groups is 1. The summed E-state index contributed by atoms with van der Waals surface area (Å²) in [5, 5.41) is 4.73. The lowest BCUT2D eigenvalue weighted by molar-refractivity contribution is 0.0525. The lowest BCUT2D eigenvalue weighted by Gasteiger charge is -2.37. The van der Waals surface area contributed by atoms with Gasteiger partial charge >= 0.3 is 0 Å². The van der Waals surface area contributed by atoms with Gasteiger partial charge < -0.3 is 9.47 Å². The van der Waals surface area contributed by atoms with E-state index in [2.05, 4.69) is 18.4 Å². The van der Waals surface area contributed by atoms with Gasteiger partial charge in [-0.1, -0.05) is 44.2 Å². The van der Waals surface area contributed by atoms with E-state index in [1.54, 1.807) is 0 Å². The van der Waals surface area contributed by atoms with E-state index < -0.39 is 0 Å². The molecular weight excluding hydrogens is 350 g/mol. The molecular formula is C22H25N5O. The lowest BCUT2D eigenvalue weighted by Crippen LogP contribution is -2.45. The number of carbonyl (C=O) groups excluding carboxylic acids is 1. The first-order valence-corrected chi connectivity index (χ1v) is 10.1. The van der Waals surface area contributed by atoms with Crippen LogP contribution in [0, 0.1) is 5.92 Å². The Morgan fingerprint density at radius 1 is 1.07 bits per heavy atom. The van der Waals surface area contributed by atoms with Crippen molar-refractivity contribution in [3.05, 3.63) is 60.2 Å². The molecule has 0 saturated heterocycles. The van der Waals surface area contributed by atoms with Crippen molar-refractivity contribution in [3.8, 4) is 11.4 Å². The molecule has 1 aliphatic carbocycles. The number of amides is 1. The minimum absolute atomic E-state index is 0.0752. The zero-order valence-electron chi connectivity index (χ0n) is 16.3. The molecule has 0 unspecified atom stereocenters. The normalized spacial score (nSPS) is 19.1. The van der Waals surface area contributed by atoms with Crippen molar-refractivity contribution in [2.75, 3.05) is 6.54 Å². The minimum Gasteiger partial charge on any atom is -0.340 e. The third-order valence-corrected chi connectivity index (χ3v) is 5.72. The fraction of sp³-hybridized carbons (Fsp3) is 0.409. The summed E-state index contributed by atoms with van der Waals surface area (Å²) < 4.78 is 4.13. The summed E-state index contributed by atoms with van der Waals surface area (Å²) in [4.78, 5) is 20.3. The molecule has 0 spiro atoms. The van der Waals surface area contributed by atoms with Gasteiger partial charge in [0.15, 0.2) is 11.6 Å². The maximum absolute atomic E-state index is 13.5. The van der Waals surface area contributed by atoms with E-state index in [0.717, 1.165) is 35.7 Å². The summed E-state index contributed by atoms with van der Waals surface area (Å²) in [6.45, 7) is 5.63. The van der Waals surface area contributed by atoms with Crippen LogP contribution < -0.4 is 0 Å². The van der Waals surface area contributed by atoms with Gasteiger partial charge in [-0.3, -0.25) is 4.79 Å². The van der Waals surface area contributed by atoms with E-state index in [9.17, 15) is 4.79 Å². The number of benzene rings is 1. The van der Waals surface area contributed by atoms with Gasteiger partial charge in [0.25, 0.3) is 5.91 Å². The Kier molecular flexibility index (Phi) is 4.07. The van der Waals surface area contributed by atoms with Crippen LogP contribution in [0.15, 0.2) is 48.7 Å². The Hall–Kier alpha value is -2.89. The van der Waals surface area contributed by atoms with Gasteiger partial charge in [0, 0.05) is 24.3 Å². The molecule has 5 rings (SSSR count). The van der Waals surface area contributed by atoms with Gasteiger partial charge in [0.05, 0.1) is 12.6 Å². The summed E-state index contributed by atoms with van der Waals surface area (Å²) in [5.74, 6) is 1.97. The zero-order chi connectivity index (χ0) is 19.3. The highest BCUT2D eigenvalue weighted by atomic mass is 16.2. The van der Waals surface area contributed by atoms with Gasteiger partial charge in [0.2, 0.25) is 0 Å². The Morgan fingerprint density at radius 3 is 2.57 bits per heavy atom. The molecule has 2 aromatic heterocycles. The molecule has 1 aromatic carbocycles. The van der Waals surface area contributed by atoms with Crippen molar-refractivity contribution in [2.24, 2.45) is 5.92 Å². The molecule has 0 bridgehead atoms. The van der Waals surface area contributed by atoms with Gasteiger partial charge in [-0.05, 0) is 30.9 Å². The van der Waals surface area contributed by atoms with Crippen molar-refractivity contribution >= 4 is 5.91 Å². The maximum atomic E-state index is 13.5. The van der Waals surface area contributed by atoms with E-state index in [0.29, 0.717) is 19.1 Å². The molecule has 1 atom stereocenters. The Morgan fingerprint density at radius 2 is 1.86 bits per heavy atom. The molecule has 1 saturated carbocycles. The average molecular weight is 375 g/mol. The van der Waals surface area contributed by atoms with Crippen LogP contribution in [0.25, 0.3) is 11.4 Å². The van der Waals surface area contributed by atoms with E-state index in [1.807, 2.05) is 58.2 Å². The summed E-state index contributed by atoms with van der Waals surface area (Å²) >= 11 is 0. The summed E-state index contributed by atoms with van der Waals surface area (Å²) in [6, 6.07) is 14.4. The Bertz CT molecular complexity index is 999. The molecule has 0 radical (unpaired) electrons. The maximum Gasteiger partial charge on any atom is 0.271 e. The molecule has 28 heavy (non-hydrogen) atoms. The number of rotatable bonds is 4. The summed E-state index contributed by atoms with van der Waals surface area (Å²) in [5.41, 5.74) is 1.80. The van der Waals surface area contributed by atoms with Crippen LogP contribution in [-0.4, -0.2) is 36.7 Å². The van der Waals surface area contributed by atoms with Crippen LogP contribution in [0.2, 0.25) is 0 Å². The van der Waals surface area contributed by atoms with Crippen molar-refractivity contribution in [2.45, 2.75) is 45.3 Å². The zero-order valence-corrected chi connectivity index (χ0v) is 16.3. The molecule has 3 heterocycles. The quantitative estimate of drug-likeness (QED) is 0.694. The van der Waals surface area contributed by atoms with E-state index in [1.165, 1.54) is 0 Å². The standard InChI is InChI=1S/C22H25N5O/c1-15(2)19-21-23-20(16-7-4-3-5-8-16)24-27(21)14-13-26(19)22(28)18-9-6-12-25(18)17-10-11-17/h3-9,12,15,17,19H,10-11,13-14H2,1-2H3/t19-/m0/s1. The van der Waals surface area contributed by atoms with Gasteiger partial charge in [0.1, 0.15) is 5.69 Å². The van der Waals surface area contributed by atoms with E-state index >= 15 is 0 Å². The Labute approximate surface area is 164 Å². The van der Waals surface area contributed by atoms with Crippen LogP contribution in [0.3, 0.4) is 0 Å². The van der Waals surface area contributed by atoms with Crippen molar-refractivity contribution < 1.29 is 4.79 Å². The number of nitrogens with zero attached hydrogens (tertiary/aromatic N) is 5. The number of fused-ring (bicyclic) bond motifs is 1. The van der Waals surface area contributed by atoms with Crippen molar-refractivity contribution in [3.63, 3.8) is 0 Å². The van der Waals surface area contributed by atoms with Crippen molar-refractivity contribution in [1.82, 2.24) is 24.2 Å². The second kappa shape index (κ2) is 6.62.